The van der Waals surface area contributed by atoms with Crippen LogP contribution in [0.3, 0.4) is 0 Å². The van der Waals surface area contributed by atoms with Crippen molar-refractivity contribution in [2.24, 2.45) is 0 Å². The molecule has 0 heterocycles. The zero-order valence-corrected chi connectivity index (χ0v) is 15.4. The summed E-state index contributed by atoms with van der Waals surface area (Å²) < 4.78 is 11.1. The van der Waals surface area contributed by atoms with Crippen molar-refractivity contribution >= 4 is 5.91 Å². The van der Waals surface area contributed by atoms with E-state index >= 15 is 0 Å². The Morgan fingerprint density at radius 1 is 1.08 bits per heavy atom. The molecule has 0 fully saturated rings. The van der Waals surface area contributed by atoms with E-state index in [0.29, 0.717) is 0 Å². The number of carbonyl (C=O) groups excluding carboxylic acids is 1. The minimum atomic E-state index is -0.556. The molecule has 0 unspecified atom stereocenters. The van der Waals surface area contributed by atoms with Crippen molar-refractivity contribution in [1.29, 1.82) is 0 Å². The third-order valence-electron chi connectivity index (χ3n) is 4.27. The zero-order valence-electron chi connectivity index (χ0n) is 15.4. The highest BCUT2D eigenvalue weighted by molar-refractivity contribution is 5.81. The topological polar surface area (TPSA) is 47.6 Å². The van der Waals surface area contributed by atoms with E-state index in [2.05, 4.69) is 12.2 Å². The van der Waals surface area contributed by atoms with E-state index in [-0.39, 0.29) is 11.9 Å². The Hall–Kier alpha value is -2.49. The van der Waals surface area contributed by atoms with E-state index in [1.54, 1.807) is 14.0 Å². The fourth-order valence-corrected chi connectivity index (χ4v) is 2.70. The Labute approximate surface area is 150 Å². The van der Waals surface area contributed by atoms with Gasteiger partial charge in [0.1, 0.15) is 11.5 Å². The fraction of sp³-hybridized carbons (Fsp3) is 0.381. The average molecular weight is 341 g/mol. The van der Waals surface area contributed by atoms with Gasteiger partial charge < -0.3 is 14.8 Å². The van der Waals surface area contributed by atoms with Crippen molar-refractivity contribution in [3.8, 4) is 11.5 Å². The molecule has 1 amide bonds. The molecule has 0 aromatic heterocycles. The van der Waals surface area contributed by atoms with Gasteiger partial charge in [-0.3, -0.25) is 4.79 Å². The van der Waals surface area contributed by atoms with E-state index in [9.17, 15) is 4.79 Å². The van der Waals surface area contributed by atoms with Gasteiger partial charge in [-0.25, -0.2) is 0 Å². The number of ether oxygens (including phenoxy) is 2. The van der Waals surface area contributed by atoms with Crippen molar-refractivity contribution in [2.75, 3.05) is 7.11 Å². The molecule has 0 aliphatic heterocycles. The molecule has 0 spiro atoms. The highest BCUT2D eigenvalue weighted by atomic mass is 16.5. The summed E-state index contributed by atoms with van der Waals surface area (Å²) in [6.07, 6.45) is 1.12. The first-order chi connectivity index (χ1) is 12.1. The normalized spacial score (nSPS) is 13.0. The first kappa shape index (κ1) is 18.8. The van der Waals surface area contributed by atoms with Crippen LogP contribution in [0.4, 0.5) is 0 Å². The number of methoxy groups -OCH3 is 1. The molecule has 0 saturated heterocycles. The predicted molar refractivity (Wildman–Crippen MR) is 100 cm³/mol. The minimum Gasteiger partial charge on any atom is -0.497 e. The molecule has 2 aromatic carbocycles. The number of rotatable bonds is 8. The van der Waals surface area contributed by atoms with Crippen LogP contribution in [-0.2, 0) is 11.2 Å². The summed E-state index contributed by atoms with van der Waals surface area (Å²) in [5.41, 5.74) is 2.15. The largest absolute Gasteiger partial charge is 0.497 e. The number of aryl methyl sites for hydroxylation is 1. The van der Waals surface area contributed by atoms with Gasteiger partial charge in [-0.05, 0) is 49.1 Å². The van der Waals surface area contributed by atoms with Crippen molar-refractivity contribution in [2.45, 2.75) is 45.8 Å². The van der Waals surface area contributed by atoms with Gasteiger partial charge in [0.25, 0.3) is 5.91 Å². The fourth-order valence-electron chi connectivity index (χ4n) is 2.70. The van der Waals surface area contributed by atoms with Gasteiger partial charge in [0.05, 0.1) is 13.2 Å². The summed E-state index contributed by atoms with van der Waals surface area (Å²) in [6, 6.07) is 15.5. The SMILES string of the molecule is CCc1ccccc1O[C@@H](C)C(=O)N[C@@H](CC)c1ccc(OC)cc1. The van der Waals surface area contributed by atoms with Gasteiger partial charge in [-0.1, -0.05) is 44.2 Å². The van der Waals surface area contributed by atoms with Gasteiger partial charge in [0, 0.05) is 0 Å². The van der Waals surface area contributed by atoms with Crippen LogP contribution in [-0.4, -0.2) is 19.1 Å². The molecule has 25 heavy (non-hydrogen) atoms. The van der Waals surface area contributed by atoms with Gasteiger partial charge in [-0.2, -0.15) is 0 Å². The Bertz CT molecular complexity index is 682. The van der Waals surface area contributed by atoms with Gasteiger partial charge in [-0.15, -0.1) is 0 Å². The predicted octanol–water partition coefficient (Wildman–Crippen LogP) is 4.29. The van der Waals surface area contributed by atoms with Crippen molar-refractivity contribution in [1.82, 2.24) is 5.32 Å². The molecule has 0 bridgehead atoms. The number of para-hydroxylation sites is 1. The maximum atomic E-state index is 12.6. The monoisotopic (exact) mass is 341 g/mol. The Morgan fingerprint density at radius 2 is 1.76 bits per heavy atom. The second-order valence-corrected chi connectivity index (χ2v) is 5.96. The lowest BCUT2D eigenvalue weighted by molar-refractivity contribution is -0.128. The maximum absolute atomic E-state index is 12.6. The van der Waals surface area contributed by atoms with E-state index in [1.165, 1.54) is 0 Å². The zero-order chi connectivity index (χ0) is 18.2. The van der Waals surface area contributed by atoms with Crippen LogP contribution in [0.25, 0.3) is 0 Å². The highest BCUT2D eigenvalue weighted by Gasteiger charge is 2.20. The number of hydrogen-bond acceptors (Lipinski definition) is 3. The van der Waals surface area contributed by atoms with E-state index in [1.807, 2.05) is 55.5 Å². The second kappa shape index (κ2) is 9.11. The lowest BCUT2D eigenvalue weighted by Crippen LogP contribution is -2.38. The standard InChI is InChI=1S/C21H27NO3/c1-5-16-9-7-8-10-20(16)25-15(3)21(23)22-19(6-2)17-11-13-18(24-4)14-12-17/h7-15,19H,5-6H2,1-4H3,(H,22,23)/t15-,19-/m0/s1. The first-order valence-electron chi connectivity index (χ1n) is 8.77. The summed E-state index contributed by atoms with van der Waals surface area (Å²) in [6.45, 7) is 5.90. The van der Waals surface area contributed by atoms with Gasteiger partial charge >= 0.3 is 0 Å². The molecule has 0 saturated carbocycles. The molecule has 0 aliphatic rings. The van der Waals surface area contributed by atoms with Crippen LogP contribution < -0.4 is 14.8 Å². The van der Waals surface area contributed by atoms with Crippen LogP contribution in [0.5, 0.6) is 11.5 Å². The Kier molecular flexibility index (Phi) is 6.87. The molecule has 0 aliphatic carbocycles. The molecular formula is C21H27NO3. The number of benzene rings is 2. The molecule has 0 radical (unpaired) electrons. The van der Waals surface area contributed by atoms with E-state index < -0.39 is 6.10 Å². The molecule has 4 heteroatoms. The maximum Gasteiger partial charge on any atom is 0.261 e. The van der Waals surface area contributed by atoms with Crippen LogP contribution in [0, 0.1) is 0 Å². The quantitative estimate of drug-likeness (QED) is 0.779. The summed E-state index contributed by atoms with van der Waals surface area (Å²) in [4.78, 5) is 12.6. The van der Waals surface area contributed by atoms with E-state index in [4.69, 9.17) is 9.47 Å². The molecular weight excluding hydrogens is 314 g/mol. The molecule has 2 atom stereocenters. The van der Waals surface area contributed by atoms with Crippen LogP contribution in [0.2, 0.25) is 0 Å². The minimum absolute atomic E-state index is 0.0501. The van der Waals surface area contributed by atoms with Gasteiger partial charge in [0.2, 0.25) is 0 Å². The number of nitrogens with one attached hydrogen (secondary N) is 1. The third kappa shape index (κ3) is 4.99. The molecule has 134 valence electrons. The summed E-state index contributed by atoms with van der Waals surface area (Å²) in [7, 11) is 1.64. The number of amides is 1. The van der Waals surface area contributed by atoms with Crippen molar-refractivity contribution in [3.05, 3.63) is 59.7 Å². The number of hydrogen-bond donors (Lipinski definition) is 1. The Balaban J connectivity index is 2.02. The molecule has 1 N–H and O–H groups in total. The molecule has 2 rings (SSSR count). The first-order valence-corrected chi connectivity index (χ1v) is 8.77. The van der Waals surface area contributed by atoms with E-state index in [0.717, 1.165) is 35.5 Å². The third-order valence-corrected chi connectivity index (χ3v) is 4.27. The van der Waals surface area contributed by atoms with Crippen molar-refractivity contribution < 1.29 is 14.3 Å². The second-order valence-electron chi connectivity index (χ2n) is 5.96. The molecule has 2 aromatic rings. The van der Waals surface area contributed by atoms with Crippen LogP contribution in [0.1, 0.15) is 44.4 Å². The smallest absolute Gasteiger partial charge is 0.261 e. The van der Waals surface area contributed by atoms with Crippen LogP contribution >= 0.6 is 0 Å². The molecule has 4 nitrogen and oxygen atoms in total. The van der Waals surface area contributed by atoms with Gasteiger partial charge in [0.15, 0.2) is 6.10 Å². The summed E-state index contributed by atoms with van der Waals surface area (Å²) >= 11 is 0. The summed E-state index contributed by atoms with van der Waals surface area (Å²) in [5, 5.41) is 3.07. The Morgan fingerprint density at radius 3 is 2.36 bits per heavy atom. The lowest BCUT2D eigenvalue weighted by atomic mass is 10.0. The summed E-state index contributed by atoms with van der Waals surface area (Å²) in [5.74, 6) is 1.46. The van der Waals surface area contributed by atoms with Crippen LogP contribution in [0.15, 0.2) is 48.5 Å². The average Bonchev–Trinajstić information content (AvgIpc) is 2.66. The highest BCUT2D eigenvalue weighted by Crippen LogP contribution is 2.22. The lowest BCUT2D eigenvalue weighted by Gasteiger charge is -2.22. The van der Waals surface area contributed by atoms with Crippen molar-refractivity contribution in [3.63, 3.8) is 0 Å². The number of carbonyl (C=O) groups is 1.